The molecule has 3 aromatic heterocycles. The maximum absolute atomic E-state index is 12.4. The van der Waals surface area contributed by atoms with Crippen molar-refractivity contribution in [2.45, 2.75) is 25.7 Å². The highest BCUT2D eigenvalue weighted by Gasteiger charge is 2.15. The van der Waals surface area contributed by atoms with Crippen LogP contribution in [0.3, 0.4) is 0 Å². The summed E-state index contributed by atoms with van der Waals surface area (Å²) in [5, 5.41) is 5.68. The van der Waals surface area contributed by atoms with Crippen LogP contribution in [0.1, 0.15) is 29.1 Å². The molecule has 134 valence electrons. The Balaban J connectivity index is 1.52. The van der Waals surface area contributed by atoms with Crippen LogP contribution >= 0.6 is 0 Å². The number of hydrogen-bond donors (Lipinski definition) is 0. The van der Waals surface area contributed by atoms with E-state index in [9.17, 15) is 4.79 Å². The minimum absolute atomic E-state index is 0.173. The van der Waals surface area contributed by atoms with Crippen molar-refractivity contribution in [1.29, 1.82) is 0 Å². The van der Waals surface area contributed by atoms with E-state index < -0.39 is 6.98 Å². The van der Waals surface area contributed by atoms with Gasteiger partial charge in [-0.2, -0.15) is 5.10 Å². The molecule has 0 spiro atoms. The number of hydrogen-bond acceptors (Lipinski definition) is 5. The summed E-state index contributed by atoms with van der Waals surface area (Å²) < 4.78 is 23.3. The average Bonchev–Trinajstić information content (AvgIpc) is 3.19. The van der Waals surface area contributed by atoms with Gasteiger partial charge in [0.1, 0.15) is 0 Å². The second-order valence-corrected chi connectivity index (χ2v) is 6.82. The van der Waals surface area contributed by atoms with Crippen molar-refractivity contribution in [3.05, 3.63) is 42.6 Å². The van der Waals surface area contributed by atoms with Crippen molar-refractivity contribution in [2.75, 3.05) is 19.6 Å². The maximum Gasteiger partial charge on any atom is 0.152 e. The Morgan fingerprint density at radius 1 is 1.12 bits per heavy atom. The van der Waals surface area contributed by atoms with E-state index >= 15 is 0 Å². The number of piperidine rings is 1. The SMILES string of the molecule is [2H]C([2H])([2H])n1cc(-c2cc3cc(CC(=O)CN4CCCCC4)ncc3cn2)cn1. The number of aryl methyl sites for hydroxylation is 1. The lowest BCUT2D eigenvalue weighted by Crippen LogP contribution is -2.35. The highest BCUT2D eigenvalue weighted by molar-refractivity contribution is 5.87. The second-order valence-electron chi connectivity index (χ2n) is 6.82. The van der Waals surface area contributed by atoms with Crippen molar-refractivity contribution in [3.63, 3.8) is 0 Å². The Bertz CT molecular complexity index is 1020. The van der Waals surface area contributed by atoms with E-state index in [1.165, 1.54) is 18.8 Å². The molecule has 0 radical (unpaired) electrons. The summed E-state index contributed by atoms with van der Waals surface area (Å²) in [6.07, 6.45) is 10.3. The first kappa shape index (κ1) is 13.6. The quantitative estimate of drug-likeness (QED) is 0.706. The maximum atomic E-state index is 12.4. The van der Waals surface area contributed by atoms with Crippen molar-refractivity contribution in [2.24, 2.45) is 6.98 Å². The molecule has 0 amide bonds. The van der Waals surface area contributed by atoms with Gasteiger partial charge in [0.05, 0.1) is 24.9 Å². The molecule has 6 nitrogen and oxygen atoms in total. The van der Waals surface area contributed by atoms with Crippen molar-refractivity contribution >= 4 is 16.6 Å². The lowest BCUT2D eigenvalue weighted by molar-refractivity contribution is -0.119. The van der Waals surface area contributed by atoms with E-state index in [-0.39, 0.29) is 5.78 Å². The monoisotopic (exact) mass is 352 g/mol. The normalized spacial score (nSPS) is 17.6. The molecule has 0 bridgehead atoms. The summed E-state index contributed by atoms with van der Waals surface area (Å²) >= 11 is 0. The molecule has 0 unspecified atom stereocenters. The molecular formula is C20H23N5O. The first-order valence-electron chi connectivity index (χ1n) is 10.4. The summed E-state index contributed by atoms with van der Waals surface area (Å²) in [5.41, 5.74) is 1.99. The topological polar surface area (TPSA) is 63.9 Å². The zero-order valence-electron chi connectivity index (χ0n) is 17.6. The van der Waals surface area contributed by atoms with Gasteiger partial charge in [0.15, 0.2) is 5.78 Å². The molecule has 1 fully saturated rings. The average molecular weight is 352 g/mol. The lowest BCUT2D eigenvalue weighted by atomic mass is 10.1. The molecule has 1 aliphatic heterocycles. The van der Waals surface area contributed by atoms with Crippen LogP contribution in [0.4, 0.5) is 0 Å². The highest BCUT2D eigenvalue weighted by atomic mass is 16.1. The summed E-state index contributed by atoms with van der Waals surface area (Å²) in [7, 11) is 0. The van der Waals surface area contributed by atoms with Crippen molar-refractivity contribution in [1.82, 2.24) is 24.6 Å². The van der Waals surface area contributed by atoms with Gasteiger partial charge in [-0.3, -0.25) is 24.3 Å². The van der Waals surface area contributed by atoms with E-state index in [0.29, 0.717) is 24.2 Å². The van der Waals surface area contributed by atoms with Gasteiger partial charge in [0.25, 0.3) is 0 Å². The third kappa shape index (κ3) is 3.80. The molecular weight excluding hydrogens is 326 g/mol. The van der Waals surface area contributed by atoms with Crippen LogP contribution in [0, 0.1) is 0 Å². The number of rotatable bonds is 5. The molecule has 0 aromatic carbocycles. The van der Waals surface area contributed by atoms with Gasteiger partial charge in [0.2, 0.25) is 0 Å². The van der Waals surface area contributed by atoms with Crippen LogP contribution in [0.25, 0.3) is 22.0 Å². The number of carbonyl (C=O) groups excluding carboxylic acids is 1. The van der Waals surface area contributed by atoms with Crippen LogP contribution in [0.2, 0.25) is 0 Å². The van der Waals surface area contributed by atoms with E-state index in [4.69, 9.17) is 4.11 Å². The Labute approximate surface area is 157 Å². The molecule has 3 aromatic rings. The van der Waals surface area contributed by atoms with Crippen LogP contribution in [0.5, 0.6) is 0 Å². The van der Waals surface area contributed by atoms with Crippen molar-refractivity contribution < 1.29 is 8.91 Å². The number of nitrogens with zero attached hydrogens (tertiary/aromatic N) is 5. The number of Topliss-reactive ketones (excluding diaryl/α,β-unsaturated/α-hetero) is 1. The third-order valence-corrected chi connectivity index (χ3v) is 4.77. The standard InChI is InChI=1S/C20H23N5O/c1-24-13-17(12-23-24)20-8-15-7-18(21-10-16(15)11-22-20)9-19(26)14-25-5-3-2-4-6-25/h7-8,10-13H,2-6,9,14H2,1H3/i1D3. The fraction of sp³-hybridized carbons (Fsp3) is 0.400. The molecule has 0 aliphatic carbocycles. The molecule has 1 saturated heterocycles. The first-order valence-corrected chi connectivity index (χ1v) is 8.93. The number of pyridine rings is 2. The van der Waals surface area contributed by atoms with E-state index in [2.05, 4.69) is 20.0 Å². The van der Waals surface area contributed by atoms with Gasteiger partial charge in [-0.1, -0.05) is 6.42 Å². The van der Waals surface area contributed by atoms with Gasteiger partial charge in [-0.25, -0.2) is 0 Å². The number of likely N-dealkylation sites (tertiary alicyclic amines) is 1. The first-order chi connectivity index (χ1) is 13.9. The predicted molar refractivity (Wildman–Crippen MR) is 101 cm³/mol. The Hall–Kier alpha value is -2.60. The molecule has 1 aliphatic rings. The van der Waals surface area contributed by atoms with Gasteiger partial charge >= 0.3 is 0 Å². The Morgan fingerprint density at radius 2 is 1.96 bits per heavy atom. The molecule has 26 heavy (non-hydrogen) atoms. The van der Waals surface area contributed by atoms with Crippen molar-refractivity contribution in [3.8, 4) is 11.3 Å². The van der Waals surface area contributed by atoms with Gasteiger partial charge in [-0.05, 0) is 43.5 Å². The minimum atomic E-state index is -2.32. The summed E-state index contributed by atoms with van der Waals surface area (Å²) in [4.78, 5) is 23.5. The summed E-state index contributed by atoms with van der Waals surface area (Å²) in [6.45, 7) is 0.155. The highest BCUT2D eigenvalue weighted by Crippen LogP contribution is 2.21. The van der Waals surface area contributed by atoms with Gasteiger partial charge in [0, 0.05) is 46.3 Å². The minimum Gasteiger partial charge on any atom is -0.298 e. The predicted octanol–water partition coefficient (Wildman–Crippen LogP) is 2.63. The van der Waals surface area contributed by atoms with Gasteiger partial charge in [-0.15, -0.1) is 0 Å². The molecule has 6 heteroatoms. The number of carbonyl (C=O) groups is 1. The van der Waals surface area contributed by atoms with Crippen LogP contribution in [-0.4, -0.2) is 50.1 Å². The fourth-order valence-corrected chi connectivity index (χ4v) is 3.42. The number of fused-ring (bicyclic) bond motifs is 1. The van der Waals surface area contributed by atoms with E-state index in [1.54, 1.807) is 12.4 Å². The second kappa shape index (κ2) is 7.33. The molecule has 0 saturated carbocycles. The van der Waals surface area contributed by atoms with E-state index in [0.717, 1.165) is 47.1 Å². The van der Waals surface area contributed by atoms with E-state index in [1.807, 2.05) is 12.1 Å². The molecule has 4 heterocycles. The third-order valence-electron chi connectivity index (χ3n) is 4.77. The largest absolute Gasteiger partial charge is 0.298 e. The molecule has 0 N–H and O–H groups in total. The molecule has 4 rings (SSSR count). The van der Waals surface area contributed by atoms with Crippen LogP contribution in [-0.2, 0) is 18.2 Å². The summed E-state index contributed by atoms with van der Waals surface area (Å²) in [6, 6.07) is 3.78. The Kier molecular flexibility index (Phi) is 3.83. The van der Waals surface area contributed by atoms with Crippen LogP contribution in [0.15, 0.2) is 36.9 Å². The molecule has 0 atom stereocenters. The van der Waals surface area contributed by atoms with Gasteiger partial charge < -0.3 is 0 Å². The Morgan fingerprint density at radius 3 is 2.77 bits per heavy atom. The fourth-order valence-electron chi connectivity index (χ4n) is 3.42. The zero-order valence-corrected chi connectivity index (χ0v) is 14.6. The lowest BCUT2D eigenvalue weighted by Gasteiger charge is -2.25. The summed E-state index contributed by atoms with van der Waals surface area (Å²) in [5.74, 6) is 0.173. The number of aromatic nitrogens is 4. The zero-order chi connectivity index (χ0) is 20.4. The smallest absolute Gasteiger partial charge is 0.152 e. The number of ketones is 1. The van der Waals surface area contributed by atoms with Crippen LogP contribution < -0.4 is 0 Å².